The Hall–Kier alpha value is -1.13. The number of carbonyl (C=O) groups excluding carboxylic acids is 1. The number of amides is 1. The number of hydrogen-bond donors (Lipinski definition) is 0. The summed E-state index contributed by atoms with van der Waals surface area (Å²) in [5.41, 5.74) is 0. The third-order valence-electron chi connectivity index (χ3n) is 3.87. The van der Waals surface area contributed by atoms with Crippen molar-refractivity contribution in [2.75, 3.05) is 13.1 Å². The monoisotopic (exact) mass is 240 g/mol. The van der Waals surface area contributed by atoms with Crippen molar-refractivity contribution < 1.29 is 9.72 Å². The third kappa shape index (κ3) is 2.76. The predicted octanol–water partition coefficient (Wildman–Crippen LogP) is 1.69. The minimum atomic E-state index is -0.603. The summed E-state index contributed by atoms with van der Waals surface area (Å²) in [6.45, 7) is 3.76. The quantitative estimate of drug-likeness (QED) is 0.555. The van der Waals surface area contributed by atoms with Gasteiger partial charge in [0.2, 0.25) is 11.9 Å². The second kappa shape index (κ2) is 5.02. The second-order valence-corrected chi connectivity index (χ2v) is 5.28. The Balaban J connectivity index is 1.85. The fourth-order valence-corrected chi connectivity index (χ4v) is 2.82. The van der Waals surface area contributed by atoms with Gasteiger partial charge in [-0.2, -0.15) is 0 Å². The summed E-state index contributed by atoms with van der Waals surface area (Å²) in [5, 5.41) is 10.6. The second-order valence-electron chi connectivity index (χ2n) is 5.28. The molecular formula is C12H20N2O3. The molecule has 5 heteroatoms. The van der Waals surface area contributed by atoms with Crippen LogP contribution in [0, 0.1) is 22.0 Å². The molecule has 2 rings (SSSR count). The summed E-state index contributed by atoms with van der Waals surface area (Å²) in [4.78, 5) is 24.2. The molecule has 0 aromatic rings. The molecule has 2 aliphatic rings. The zero-order valence-electron chi connectivity index (χ0n) is 10.3. The van der Waals surface area contributed by atoms with Crippen molar-refractivity contribution in [3.05, 3.63) is 10.1 Å². The van der Waals surface area contributed by atoms with Gasteiger partial charge in [0.05, 0.1) is 0 Å². The van der Waals surface area contributed by atoms with Gasteiger partial charge in [0, 0.05) is 24.4 Å². The molecule has 1 aliphatic heterocycles. The third-order valence-corrected chi connectivity index (χ3v) is 3.87. The van der Waals surface area contributed by atoms with Gasteiger partial charge < -0.3 is 4.90 Å². The van der Waals surface area contributed by atoms with E-state index in [-0.39, 0.29) is 16.7 Å². The van der Waals surface area contributed by atoms with Crippen molar-refractivity contribution >= 4 is 5.91 Å². The first-order chi connectivity index (χ1) is 8.13. The van der Waals surface area contributed by atoms with Crippen LogP contribution in [-0.4, -0.2) is 34.9 Å². The van der Waals surface area contributed by atoms with Crippen LogP contribution in [0.2, 0.25) is 0 Å². The molecular weight excluding hydrogens is 220 g/mol. The van der Waals surface area contributed by atoms with Crippen LogP contribution in [-0.2, 0) is 4.79 Å². The molecule has 1 saturated heterocycles. The average Bonchev–Trinajstić information content (AvgIpc) is 3.09. The lowest BCUT2D eigenvalue weighted by Crippen LogP contribution is -2.41. The minimum Gasteiger partial charge on any atom is -0.342 e. The Bertz CT molecular complexity index is 317. The molecule has 1 aliphatic carbocycles. The number of nitro groups is 1. The van der Waals surface area contributed by atoms with E-state index in [1.165, 1.54) is 6.42 Å². The Kier molecular flexibility index (Phi) is 3.64. The topological polar surface area (TPSA) is 63.5 Å². The number of likely N-dealkylation sites (tertiary alicyclic amines) is 1. The van der Waals surface area contributed by atoms with E-state index in [4.69, 9.17) is 0 Å². The molecule has 1 amide bonds. The van der Waals surface area contributed by atoms with Crippen molar-refractivity contribution in [1.82, 2.24) is 4.90 Å². The van der Waals surface area contributed by atoms with Crippen molar-refractivity contribution in [2.45, 2.75) is 45.1 Å². The first kappa shape index (κ1) is 12.3. The van der Waals surface area contributed by atoms with E-state index in [2.05, 4.69) is 6.92 Å². The number of hydrogen-bond acceptors (Lipinski definition) is 3. The normalized spacial score (nSPS) is 32.3. The van der Waals surface area contributed by atoms with Gasteiger partial charge in [-0.3, -0.25) is 14.9 Å². The highest BCUT2D eigenvalue weighted by atomic mass is 16.6. The van der Waals surface area contributed by atoms with Gasteiger partial charge in [0.15, 0.2) is 0 Å². The Morgan fingerprint density at radius 3 is 2.88 bits per heavy atom. The van der Waals surface area contributed by atoms with Gasteiger partial charge in [-0.05, 0) is 25.2 Å². The maximum Gasteiger partial charge on any atom is 0.232 e. The molecule has 2 fully saturated rings. The number of piperidine rings is 1. The molecule has 1 saturated carbocycles. The fraction of sp³-hybridized carbons (Fsp3) is 0.917. The van der Waals surface area contributed by atoms with Crippen molar-refractivity contribution in [3.63, 3.8) is 0 Å². The van der Waals surface area contributed by atoms with E-state index >= 15 is 0 Å². The molecule has 0 N–H and O–H groups in total. The SMILES string of the molecule is CCCC1CCCN(C(=O)[C@@H]2C[C@H]2[N+](=O)[O-])C1. The summed E-state index contributed by atoms with van der Waals surface area (Å²) in [6.07, 6.45) is 4.99. The molecule has 0 aromatic carbocycles. The highest BCUT2D eigenvalue weighted by Gasteiger charge is 2.54. The summed E-state index contributed by atoms with van der Waals surface area (Å²) in [6, 6.07) is -0.603. The van der Waals surface area contributed by atoms with Crippen LogP contribution in [0.5, 0.6) is 0 Å². The molecule has 5 nitrogen and oxygen atoms in total. The highest BCUT2D eigenvalue weighted by Crippen LogP contribution is 2.36. The molecule has 0 spiro atoms. The Morgan fingerprint density at radius 1 is 1.53 bits per heavy atom. The predicted molar refractivity (Wildman–Crippen MR) is 63.1 cm³/mol. The Labute approximate surface area is 101 Å². The van der Waals surface area contributed by atoms with Gasteiger partial charge in [0.1, 0.15) is 5.92 Å². The molecule has 96 valence electrons. The van der Waals surface area contributed by atoms with Crippen LogP contribution in [0.25, 0.3) is 0 Å². The van der Waals surface area contributed by atoms with Crippen LogP contribution in [0.4, 0.5) is 0 Å². The van der Waals surface area contributed by atoms with Gasteiger partial charge in [0.25, 0.3) is 0 Å². The smallest absolute Gasteiger partial charge is 0.232 e. The molecule has 3 atom stereocenters. The highest BCUT2D eigenvalue weighted by molar-refractivity contribution is 5.82. The largest absolute Gasteiger partial charge is 0.342 e. The summed E-state index contributed by atoms with van der Waals surface area (Å²) in [7, 11) is 0. The molecule has 0 aromatic heterocycles. The molecule has 0 bridgehead atoms. The van der Waals surface area contributed by atoms with Gasteiger partial charge in [-0.1, -0.05) is 13.3 Å². The van der Waals surface area contributed by atoms with Crippen molar-refractivity contribution in [1.29, 1.82) is 0 Å². The van der Waals surface area contributed by atoms with Crippen molar-refractivity contribution in [2.24, 2.45) is 11.8 Å². The number of rotatable bonds is 4. The number of nitrogens with zero attached hydrogens (tertiary/aromatic N) is 2. The maximum absolute atomic E-state index is 12.0. The van der Waals surface area contributed by atoms with Crippen LogP contribution in [0.1, 0.15) is 39.0 Å². The molecule has 1 heterocycles. The van der Waals surface area contributed by atoms with E-state index in [0.717, 1.165) is 32.4 Å². The van der Waals surface area contributed by atoms with E-state index in [1.54, 1.807) is 0 Å². The summed E-state index contributed by atoms with van der Waals surface area (Å²) >= 11 is 0. The van der Waals surface area contributed by atoms with E-state index in [9.17, 15) is 14.9 Å². The van der Waals surface area contributed by atoms with Gasteiger partial charge >= 0.3 is 0 Å². The van der Waals surface area contributed by atoms with E-state index in [0.29, 0.717) is 12.3 Å². The van der Waals surface area contributed by atoms with Gasteiger partial charge in [-0.15, -0.1) is 0 Å². The summed E-state index contributed by atoms with van der Waals surface area (Å²) < 4.78 is 0. The van der Waals surface area contributed by atoms with Gasteiger partial charge in [-0.25, -0.2) is 0 Å². The maximum atomic E-state index is 12.0. The summed E-state index contributed by atoms with van der Waals surface area (Å²) in [5.74, 6) is 0.295. The first-order valence-corrected chi connectivity index (χ1v) is 6.55. The lowest BCUT2D eigenvalue weighted by molar-refractivity contribution is -0.497. The standard InChI is InChI=1S/C12H20N2O3/c1-2-4-9-5-3-6-13(8-9)12(15)10-7-11(10)14(16)17/h9-11H,2-8H2,1H3/t9?,10-,11-/m1/s1. The molecule has 0 radical (unpaired) electrons. The minimum absolute atomic E-state index is 0.0208. The van der Waals surface area contributed by atoms with Crippen LogP contribution < -0.4 is 0 Å². The Morgan fingerprint density at radius 2 is 2.29 bits per heavy atom. The van der Waals surface area contributed by atoms with Crippen molar-refractivity contribution in [3.8, 4) is 0 Å². The lowest BCUT2D eigenvalue weighted by Gasteiger charge is -2.32. The average molecular weight is 240 g/mol. The fourth-order valence-electron chi connectivity index (χ4n) is 2.82. The molecule has 17 heavy (non-hydrogen) atoms. The molecule has 1 unspecified atom stereocenters. The first-order valence-electron chi connectivity index (χ1n) is 6.55. The van der Waals surface area contributed by atoms with Crippen LogP contribution in [0.15, 0.2) is 0 Å². The zero-order chi connectivity index (χ0) is 12.4. The number of carbonyl (C=O) groups is 1. The van der Waals surface area contributed by atoms with E-state index < -0.39 is 6.04 Å². The van der Waals surface area contributed by atoms with Crippen LogP contribution in [0.3, 0.4) is 0 Å². The van der Waals surface area contributed by atoms with E-state index in [1.807, 2.05) is 4.90 Å². The lowest BCUT2D eigenvalue weighted by atomic mass is 9.93. The zero-order valence-corrected chi connectivity index (χ0v) is 10.3. The van der Waals surface area contributed by atoms with Crippen LogP contribution >= 0.6 is 0 Å².